The molecule has 110 valence electrons. The minimum Gasteiger partial charge on any atom is -0.289 e. The summed E-state index contributed by atoms with van der Waals surface area (Å²) in [6, 6.07) is 3.92. The van der Waals surface area contributed by atoms with Gasteiger partial charge in [0.2, 0.25) is 0 Å². The van der Waals surface area contributed by atoms with Gasteiger partial charge in [0, 0.05) is 6.07 Å². The Labute approximate surface area is 117 Å². The molecule has 0 aliphatic carbocycles. The minimum absolute atomic E-state index is 0.127. The Hall–Kier alpha value is -2.18. The van der Waals surface area contributed by atoms with Crippen molar-refractivity contribution >= 4 is 16.4 Å². The smallest absolute Gasteiger partial charge is 0.289 e. The Morgan fingerprint density at radius 3 is 2.62 bits per heavy atom. The van der Waals surface area contributed by atoms with Gasteiger partial charge < -0.3 is 0 Å². The van der Waals surface area contributed by atoms with Crippen molar-refractivity contribution in [3.8, 4) is 0 Å². The van der Waals surface area contributed by atoms with Crippen LogP contribution in [0.1, 0.15) is 37.4 Å². The van der Waals surface area contributed by atoms with Crippen molar-refractivity contribution in [1.82, 2.24) is 14.8 Å². The van der Waals surface area contributed by atoms with Crippen LogP contribution < -0.4 is 5.43 Å². The van der Waals surface area contributed by atoms with Gasteiger partial charge in [0.1, 0.15) is 11.0 Å². The first-order valence-electron chi connectivity index (χ1n) is 6.56. The van der Waals surface area contributed by atoms with Crippen LogP contribution in [0.3, 0.4) is 0 Å². The standard InChI is InChI=1S/C14H12F3N3O/c1-3-7(2)8-4-9-11(21)6-12(14(15,16)17)20-13(9)10(5-8)18-19-20/h4-7H,3H2,1-2H3. The fourth-order valence-corrected chi connectivity index (χ4v) is 2.42. The van der Waals surface area contributed by atoms with Crippen molar-refractivity contribution in [3.05, 3.63) is 39.7 Å². The Morgan fingerprint density at radius 1 is 1.29 bits per heavy atom. The number of alkyl halides is 3. The van der Waals surface area contributed by atoms with E-state index in [1.165, 1.54) is 0 Å². The predicted octanol–water partition coefficient (Wildman–Crippen LogP) is 3.21. The van der Waals surface area contributed by atoms with Gasteiger partial charge in [-0.15, -0.1) is 5.10 Å². The summed E-state index contributed by atoms with van der Waals surface area (Å²) < 4.78 is 39.6. The van der Waals surface area contributed by atoms with Crippen LogP contribution in [0.25, 0.3) is 16.4 Å². The number of aromatic nitrogens is 3. The number of pyridine rings is 1. The maximum absolute atomic E-state index is 13.0. The Morgan fingerprint density at radius 2 is 2.00 bits per heavy atom. The number of hydrogen-bond acceptors (Lipinski definition) is 3. The Balaban J connectivity index is 2.42. The molecule has 0 spiro atoms. The van der Waals surface area contributed by atoms with Crippen molar-refractivity contribution in [3.63, 3.8) is 0 Å². The number of hydrogen-bond donors (Lipinski definition) is 0. The first-order chi connectivity index (χ1) is 9.82. The molecule has 1 unspecified atom stereocenters. The van der Waals surface area contributed by atoms with E-state index in [0.717, 1.165) is 12.0 Å². The summed E-state index contributed by atoms with van der Waals surface area (Å²) in [5.41, 5.74) is -0.441. The molecule has 0 radical (unpaired) electrons. The zero-order chi connectivity index (χ0) is 15.4. The normalized spacial score (nSPS) is 14.1. The van der Waals surface area contributed by atoms with Crippen LogP contribution in [-0.4, -0.2) is 14.8 Å². The van der Waals surface area contributed by atoms with Crippen molar-refractivity contribution < 1.29 is 13.2 Å². The van der Waals surface area contributed by atoms with E-state index in [4.69, 9.17) is 0 Å². The minimum atomic E-state index is -4.65. The van der Waals surface area contributed by atoms with Crippen molar-refractivity contribution in [2.45, 2.75) is 32.4 Å². The third-order valence-corrected chi connectivity index (χ3v) is 3.80. The highest BCUT2D eigenvalue weighted by Gasteiger charge is 2.35. The SMILES string of the molecule is CCC(C)c1cc2nnn3c(C(F)(F)F)cc(=O)c(c1)c23. The highest BCUT2D eigenvalue weighted by atomic mass is 19.4. The molecule has 3 aromatic rings. The first-order valence-corrected chi connectivity index (χ1v) is 6.56. The fraction of sp³-hybridized carbons (Fsp3) is 0.357. The Bertz CT molecular complexity index is 869. The van der Waals surface area contributed by atoms with Gasteiger partial charge in [-0.05, 0) is 30.0 Å². The molecule has 21 heavy (non-hydrogen) atoms. The number of halogens is 3. The van der Waals surface area contributed by atoms with E-state index in [0.29, 0.717) is 16.1 Å². The van der Waals surface area contributed by atoms with Gasteiger partial charge in [0.15, 0.2) is 11.1 Å². The average Bonchev–Trinajstić information content (AvgIpc) is 2.84. The van der Waals surface area contributed by atoms with Gasteiger partial charge in [-0.2, -0.15) is 13.2 Å². The second-order valence-electron chi connectivity index (χ2n) is 5.14. The van der Waals surface area contributed by atoms with E-state index in [9.17, 15) is 18.0 Å². The van der Waals surface area contributed by atoms with Gasteiger partial charge >= 0.3 is 6.18 Å². The number of rotatable bonds is 2. The third kappa shape index (κ3) is 2.03. The van der Waals surface area contributed by atoms with Crippen LogP contribution in [-0.2, 0) is 6.18 Å². The average molecular weight is 295 g/mol. The summed E-state index contributed by atoms with van der Waals surface area (Å²) in [4.78, 5) is 12.0. The second-order valence-corrected chi connectivity index (χ2v) is 5.14. The van der Waals surface area contributed by atoms with Crippen LogP contribution in [0.2, 0.25) is 0 Å². The predicted molar refractivity (Wildman–Crippen MR) is 71.7 cm³/mol. The molecular weight excluding hydrogens is 283 g/mol. The summed E-state index contributed by atoms with van der Waals surface area (Å²) >= 11 is 0. The van der Waals surface area contributed by atoms with Crippen LogP contribution in [0.15, 0.2) is 23.0 Å². The van der Waals surface area contributed by atoms with Gasteiger partial charge in [0.05, 0.1) is 5.39 Å². The van der Waals surface area contributed by atoms with E-state index >= 15 is 0 Å². The summed E-state index contributed by atoms with van der Waals surface area (Å²) in [6.45, 7) is 3.99. The summed E-state index contributed by atoms with van der Waals surface area (Å²) in [5.74, 6) is 0.191. The molecule has 0 saturated heterocycles. The van der Waals surface area contributed by atoms with Gasteiger partial charge in [-0.3, -0.25) is 4.79 Å². The van der Waals surface area contributed by atoms with Crippen LogP contribution in [0, 0.1) is 0 Å². The van der Waals surface area contributed by atoms with Crippen molar-refractivity contribution in [2.75, 3.05) is 0 Å². The molecule has 0 amide bonds. The lowest BCUT2D eigenvalue weighted by molar-refractivity contribution is -0.142. The molecule has 0 aliphatic rings. The van der Waals surface area contributed by atoms with E-state index in [-0.39, 0.29) is 16.8 Å². The lowest BCUT2D eigenvalue weighted by Crippen LogP contribution is -2.17. The summed E-state index contributed by atoms with van der Waals surface area (Å²) in [7, 11) is 0. The van der Waals surface area contributed by atoms with E-state index in [1.807, 2.05) is 13.8 Å². The lowest BCUT2D eigenvalue weighted by Gasteiger charge is -2.11. The molecule has 1 atom stereocenters. The highest BCUT2D eigenvalue weighted by Crippen LogP contribution is 2.32. The summed E-state index contributed by atoms with van der Waals surface area (Å²) in [6.07, 6.45) is -3.79. The van der Waals surface area contributed by atoms with Gasteiger partial charge in [0.25, 0.3) is 0 Å². The molecule has 2 heterocycles. The largest absolute Gasteiger partial charge is 0.433 e. The van der Waals surface area contributed by atoms with Crippen LogP contribution >= 0.6 is 0 Å². The summed E-state index contributed by atoms with van der Waals surface area (Å²) in [5, 5.41) is 7.57. The first kappa shape index (κ1) is 13.8. The topological polar surface area (TPSA) is 47.3 Å². The zero-order valence-corrected chi connectivity index (χ0v) is 11.4. The molecule has 7 heteroatoms. The quantitative estimate of drug-likeness (QED) is 0.729. The number of nitrogens with zero attached hydrogens (tertiary/aromatic N) is 3. The molecule has 0 bridgehead atoms. The molecule has 3 rings (SSSR count). The molecule has 1 aromatic carbocycles. The third-order valence-electron chi connectivity index (χ3n) is 3.80. The highest BCUT2D eigenvalue weighted by molar-refractivity contribution is 5.94. The monoisotopic (exact) mass is 295 g/mol. The molecule has 0 fully saturated rings. The van der Waals surface area contributed by atoms with E-state index in [2.05, 4.69) is 10.3 Å². The molecule has 0 aliphatic heterocycles. The van der Waals surface area contributed by atoms with Gasteiger partial charge in [-0.1, -0.05) is 19.1 Å². The molecular formula is C14H12F3N3O. The molecule has 4 nitrogen and oxygen atoms in total. The molecule has 0 N–H and O–H groups in total. The maximum atomic E-state index is 13.0. The van der Waals surface area contributed by atoms with Crippen LogP contribution in [0.4, 0.5) is 13.2 Å². The lowest BCUT2D eigenvalue weighted by atomic mass is 9.96. The molecule has 2 aromatic heterocycles. The fourth-order valence-electron chi connectivity index (χ4n) is 2.42. The van der Waals surface area contributed by atoms with E-state index in [1.54, 1.807) is 12.1 Å². The molecule has 0 saturated carbocycles. The second kappa shape index (κ2) is 4.41. The van der Waals surface area contributed by atoms with Crippen molar-refractivity contribution in [2.24, 2.45) is 0 Å². The van der Waals surface area contributed by atoms with Crippen LogP contribution in [0.5, 0.6) is 0 Å². The van der Waals surface area contributed by atoms with Gasteiger partial charge in [-0.25, -0.2) is 4.52 Å². The maximum Gasteiger partial charge on any atom is 0.433 e. The van der Waals surface area contributed by atoms with E-state index < -0.39 is 17.3 Å². The van der Waals surface area contributed by atoms with Crippen molar-refractivity contribution in [1.29, 1.82) is 0 Å². The zero-order valence-electron chi connectivity index (χ0n) is 11.4. The number of benzene rings is 1. The Kier molecular flexibility index (Phi) is 2.89.